The van der Waals surface area contributed by atoms with Gasteiger partial charge in [0.2, 0.25) is 0 Å². The summed E-state index contributed by atoms with van der Waals surface area (Å²) in [7, 11) is 1.64. The predicted octanol–water partition coefficient (Wildman–Crippen LogP) is 1.44. The standard InChI is InChI=1S/C10H11F3N4O/c1-5(10(11,12)13)17-9(18)8-6(14)4-16(2)7(8)3-15-17/h3-5H,14H2,1-2H3. The van der Waals surface area contributed by atoms with Crippen molar-refractivity contribution in [3.05, 3.63) is 22.7 Å². The van der Waals surface area contributed by atoms with Crippen LogP contribution >= 0.6 is 0 Å². The first-order valence-corrected chi connectivity index (χ1v) is 5.12. The number of fused-ring (bicyclic) bond motifs is 1. The number of aryl methyl sites for hydroxylation is 1. The van der Waals surface area contributed by atoms with E-state index in [1.807, 2.05) is 0 Å². The van der Waals surface area contributed by atoms with Crippen molar-refractivity contribution in [1.29, 1.82) is 0 Å². The number of alkyl halides is 3. The molecular weight excluding hydrogens is 249 g/mol. The molecule has 0 amide bonds. The van der Waals surface area contributed by atoms with Crippen molar-refractivity contribution >= 4 is 16.6 Å². The minimum Gasteiger partial charge on any atom is -0.397 e. The second-order valence-corrected chi connectivity index (χ2v) is 4.07. The van der Waals surface area contributed by atoms with Crippen molar-refractivity contribution in [2.75, 3.05) is 5.73 Å². The van der Waals surface area contributed by atoms with E-state index < -0.39 is 17.8 Å². The number of nitrogens with zero attached hydrogens (tertiary/aromatic N) is 3. The molecule has 1 unspecified atom stereocenters. The van der Waals surface area contributed by atoms with Gasteiger partial charge in [0, 0.05) is 13.2 Å². The fourth-order valence-electron chi connectivity index (χ4n) is 1.75. The van der Waals surface area contributed by atoms with E-state index in [9.17, 15) is 18.0 Å². The number of nitrogen functional groups attached to an aromatic ring is 1. The molecule has 1 atom stereocenters. The quantitative estimate of drug-likeness (QED) is 0.843. The Morgan fingerprint density at radius 1 is 1.44 bits per heavy atom. The van der Waals surface area contributed by atoms with Gasteiger partial charge in [-0.15, -0.1) is 0 Å². The zero-order valence-electron chi connectivity index (χ0n) is 9.69. The summed E-state index contributed by atoms with van der Waals surface area (Å²) in [5.74, 6) is 0. The van der Waals surface area contributed by atoms with Gasteiger partial charge in [-0.2, -0.15) is 18.3 Å². The van der Waals surface area contributed by atoms with Crippen LogP contribution in [0.3, 0.4) is 0 Å². The normalized spacial score (nSPS) is 14.1. The number of hydrogen-bond acceptors (Lipinski definition) is 3. The largest absolute Gasteiger partial charge is 0.410 e. The van der Waals surface area contributed by atoms with Crippen LogP contribution in [0.25, 0.3) is 10.9 Å². The van der Waals surface area contributed by atoms with Crippen molar-refractivity contribution in [2.45, 2.75) is 19.1 Å². The molecule has 0 fully saturated rings. The average molecular weight is 260 g/mol. The Morgan fingerprint density at radius 2 is 2.06 bits per heavy atom. The summed E-state index contributed by atoms with van der Waals surface area (Å²) in [5, 5.41) is 3.61. The highest BCUT2D eigenvalue weighted by atomic mass is 19.4. The number of hydrogen-bond donors (Lipinski definition) is 1. The molecule has 0 aromatic carbocycles. The first-order valence-electron chi connectivity index (χ1n) is 5.12. The molecule has 2 aromatic rings. The number of aromatic nitrogens is 3. The fourth-order valence-corrected chi connectivity index (χ4v) is 1.75. The van der Waals surface area contributed by atoms with Gasteiger partial charge in [0.1, 0.15) is 6.04 Å². The van der Waals surface area contributed by atoms with Gasteiger partial charge < -0.3 is 10.3 Å². The van der Waals surface area contributed by atoms with Gasteiger partial charge in [0.05, 0.1) is 22.8 Å². The van der Waals surface area contributed by atoms with Crippen LogP contribution in [0.1, 0.15) is 13.0 Å². The van der Waals surface area contributed by atoms with Crippen LogP contribution in [-0.4, -0.2) is 20.5 Å². The third-order valence-corrected chi connectivity index (χ3v) is 2.82. The van der Waals surface area contributed by atoms with Crippen LogP contribution < -0.4 is 11.3 Å². The Bertz CT molecular complexity index is 655. The molecule has 0 aliphatic rings. The van der Waals surface area contributed by atoms with Crippen LogP contribution in [0.4, 0.5) is 18.9 Å². The van der Waals surface area contributed by atoms with E-state index in [4.69, 9.17) is 5.73 Å². The molecule has 0 aliphatic heterocycles. The van der Waals surface area contributed by atoms with Crippen molar-refractivity contribution in [3.8, 4) is 0 Å². The summed E-state index contributed by atoms with van der Waals surface area (Å²) < 4.78 is 39.7. The van der Waals surface area contributed by atoms with E-state index in [2.05, 4.69) is 5.10 Å². The summed E-state index contributed by atoms with van der Waals surface area (Å²) in [5.41, 5.74) is 5.32. The van der Waals surface area contributed by atoms with Gasteiger partial charge in [-0.25, -0.2) is 4.68 Å². The van der Waals surface area contributed by atoms with Crippen LogP contribution in [-0.2, 0) is 7.05 Å². The topological polar surface area (TPSA) is 65.8 Å². The highest BCUT2D eigenvalue weighted by Gasteiger charge is 2.39. The summed E-state index contributed by atoms with van der Waals surface area (Å²) >= 11 is 0. The lowest BCUT2D eigenvalue weighted by atomic mass is 10.3. The fraction of sp³-hybridized carbons (Fsp3) is 0.400. The molecule has 2 rings (SSSR count). The molecule has 5 nitrogen and oxygen atoms in total. The Morgan fingerprint density at radius 3 is 2.61 bits per heavy atom. The molecule has 0 radical (unpaired) electrons. The van der Waals surface area contributed by atoms with E-state index in [0.717, 1.165) is 6.92 Å². The minimum absolute atomic E-state index is 0.0589. The Labute approximate surface area is 99.6 Å². The molecule has 18 heavy (non-hydrogen) atoms. The van der Waals surface area contributed by atoms with E-state index in [-0.39, 0.29) is 11.1 Å². The van der Waals surface area contributed by atoms with Crippen LogP contribution in [0.15, 0.2) is 17.2 Å². The van der Waals surface area contributed by atoms with E-state index in [1.54, 1.807) is 11.6 Å². The monoisotopic (exact) mass is 260 g/mol. The molecule has 0 saturated heterocycles. The lowest BCUT2D eigenvalue weighted by Crippen LogP contribution is -2.34. The van der Waals surface area contributed by atoms with E-state index in [0.29, 0.717) is 10.2 Å². The maximum Gasteiger partial charge on any atom is 0.410 e. The molecule has 0 aliphatic carbocycles. The second-order valence-electron chi connectivity index (χ2n) is 4.07. The Hall–Kier alpha value is -1.99. The Balaban J connectivity index is 2.73. The number of rotatable bonds is 1. The minimum atomic E-state index is -4.53. The van der Waals surface area contributed by atoms with Gasteiger partial charge in [-0.3, -0.25) is 4.79 Å². The molecule has 2 N–H and O–H groups in total. The number of halogens is 3. The van der Waals surface area contributed by atoms with Gasteiger partial charge in [0.15, 0.2) is 0 Å². The first-order chi connectivity index (χ1) is 8.23. The maximum absolute atomic E-state index is 12.6. The molecule has 0 spiro atoms. The van der Waals surface area contributed by atoms with Crippen LogP contribution in [0, 0.1) is 0 Å². The van der Waals surface area contributed by atoms with E-state index in [1.165, 1.54) is 12.4 Å². The lowest BCUT2D eigenvalue weighted by Gasteiger charge is -2.16. The second kappa shape index (κ2) is 3.76. The molecule has 0 saturated carbocycles. The molecule has 98 valence electrons. The smallest absolute Gasteiger partial charge is 0.397 e. The van der Waals surface area contributed by atoms with Crippen LogP contribution in [0.2, 0.25) is 0 Å². The van der Waals surface area contributed by atoms with Crippen LogP contribution in [0.5, 0.6) is 0 Å². The molecule has 8 heteroatoms. The zero-order chi connectivity index (χ0) is 13.7. The third-order valence-electron chi connectivity index (χ3n) is 2.82. The Kier molecular flexibility index (Phi) is 2.60. The summed E-state index contributed by atoms with van der Waals surface area (Å²) in [6.07, 6.45) is -1.86. The molecule has 2 heterocycles. The molecule has 2 aromatic heterocycles. The molecule has 0 bridgehead atoms. The lowest BCUT2D eigenvalue weighted by molar-refractivity contribution is -0.166. The van der Waals surface area contributed by atoms with Crippen molar-refractivity contribution in [2.24, 2.45) is 7.05 Å². The zero-order valence-corrected chi connectivity index (χ0v) is 9.69. The molecular formula is C10H11F3N4O. The van der Waals surface area contributed by atoms with E-state index >= 15 is 0 Å². The SMILES string of the molecule is CC(n1ncc2c(c(N)cn2C)c1=O)C(F)(F)F. The number of anilines is 1. The third kappa shape index (κ3) is 1.73. The van der Waals surface area contributed by atoms with Crippen molar-refractivity contribution in [1.82, 2.24) is 14.3 Å². The van der Waals surface area contributed by atoms with Gasteiger partial charge in [-0.05, 0) is 6.92 Å². The maximum atomic E-state index is 12.6. The summed E-state index contributed by atoms with van der Waals surface area (Å²) in [6, 6.07) is -1.99. The van der Waals surface area contributed by atoms with Crippen molar-refractivity contribution in [3.63, 3.8) is 0 Å². The summed E-state index contributed by atoms with van der Waals surface area (Å²) in [4.78, 5) is 12.0. The van der Waals surface area contributed by atoms with Gasteiger partial charge in [0.25, 0.3) is 5.56 Å². The average Bonchev–Trinajstić information content (AvgIpc) is 2.53. The first kappa shape index (κ1) is 12.5. The van der Waals surface area contributed by atoms with Gasteiger partial charge in [-0.1, -0.05) is 0 Å². The highest BCUT2D eigenvalue weighted by Crippen LogP contribution is 2.29. The van der Waals surface area contributed by atoms with Gasteiger partial charge >= 0.3 is 6.18 Å². The number of nitrogens with two attached hydrogens (primary N) is 1. The highest BCUT2D eigenvalue weighted by molar-refractivity contribution is 5.90. The predicted molar refractivity (Wildman–Crippen MR) is 60.2 cm³/mol. The summed E-state index contributed by atoms with van der Waals surface area (Å²) in [6.45, 7) is 0.874. The van der Waals surface area contributed by atoms with Crippen molar-refractivity contribution < 1.29 is 13.2 Å².